The van der Waals surface area contributed by atoms with Crippen LogP contribution in [0.1, 0.15) is 11.6 Å². The summed E-state index contributed by atoms with van der Waals surface area (Å²) in [5, 5.41) is 11.1. The molecule has 180 valence electrons. The maximum Gasteiger partial charge on any atom is 0.338 e. The molecule has 1 heterocycles. The van der Waals surface area contributed by atoms with E-state index in [0.717, 1.165) is 25.3 Å². The van der Waals surface area contributed by atoms with Gasteiger partial charge in [-0.25, -0.2) is 34.0 Å². The lowest BCUT2D eigenvalue weighted by Crippen LogP contribution is -2.55. The number of aliphatic imine (C=N–C) groups is 1. The molecule has 12 nitrogen and oxygen atoms in total. The average Bonchev–Trinajstić information content (AvgIpc) is 2.80. The molecule has 0 spiro atoms. The number of methoxy groups -OCH3 is 2. The molecule has 0 saturated carbocycles. The number of carbonyl (C=O) groups excluding carboxylic acids is 4. The molecule has 0 bridgehead atoms. The Labute approximate surface area is 187 Å². The Morgan fingerprint density at radius 3 is 2.48 bits per heavy atom. The first kappa shape index (κ1) is 27.3. The normalized spacial score (nSPS) is 15.2. The first-order valence-corrected chi connectivity index (χ1v) is 9.08. The largest absolute Gasteiger partial charge is 0.466 e. The Morgan fingerprint density at radius 1 is 1.27 bits per heavy atom. The summed E-state index contributed by atoms with van der Waals surface area (Å²) in [5.41, 5.74) is -0.341. The quantitative estimate of drug-likeness (QED) is 0.240. The predicted octanol–water partition coefficient (Wildman–Crippen LogP) is 0.418. The summed E-state index contributed by atoms with van der Waals surface area (Å²) in [7, 11) is 2.38. The molecule has 2 rings (SSSR count). The van der Waals surface area contributed by atoms with E-state index >= 15 is 0 Å². The van der Waals surface area contributed by atoms with Crippen molar-refractivity contribution in [1.29, 1.82) is 0 Å². The summed E-state index contributed by atoms with van der Waals surface area (Å²) in [6.07, 6.45) is 0. The van der Waals surface area contributed by atoms with E-state index < -0.39 is 48.0 Å². The van der Waals surface area contributed by atoms with Crippen molar-refractivity contribution in [3.63, 3.8) is 0 Å². The number of nitrogens with one attached hydrogen (secondary N) is 2. The number of Topliss-reactive ketones (excluding diaryl/α,β-unsaturated/α-hetero) is 1. The van der Waals surface area contributed by atoms with Crippen molar-refractivity contribution in [2.24, 2.45) is 10.9 Å². The van der Waals surface area contributed by atoms with Gasteiger partial charge in [0.15, 0.2) is 17.4 Å². The highest BCUT2D eigenvalue weighted by Gasteiger charge is 2.43. The fraction of sp³-hybridized carbons (Fsp3) is 0.316. The number of ether oxygens (including phenoxy) is 2. The minimum atomic E-state index is -1.49. The molecule has 0 aromatic heterocycles. The van der Waals surface area contributed by atoms with Crippen molar-refractivity contribution >= 4 is 30.5 Å². The lowest BCUT2D eigenvalue weighted by molar-refractivity contribution is -0.137. The molecule has 1 aliphatic heterocycles. The van der Waals surface area contributed by atoms with Crippen molar-refractivity contribution in [3.05, 3.63) is 46.7 Å². The molecule has 1 aliphatic rings. The van der Waals surface area contributed by atoms with E-state index in [1.54, 1.807) is 0 Å². The molecule has 0 fully saturated rings. The number of hydrogen-bond donors (Lipinski definition) is 4. The number of ketones is 1. The predicted molar refractivity (Wildman–Crippen MR) is 109 cm³/mol. The summed E-state index contributed by atoms with van der Waals surface area (Å²) in [6, 6.07) is -0.892. The topological polar surface area (TPSA) is 173 Å². The third kappa shape index (κ3) is 6.61. The second-order valence-corrected chi connectivity index (χ2v) is 6.27. The zero-order valence-electron chi connectivity index (χ0n) is 17.8. The Kier molecular flexibility index (Phi) is 10.7. The van der Waals surface area contributed by atoms with Gasteiger partial charge in [-0.3, -0.25) is 9.79 Å². The summed E-state index contributed by atoms with van der Waals surface area (Å²) in [4.78, 5) is 53.6. The second kappa shape index (κ2) is 12.9. The number of halogens is 2. The van der Waals surface area contributed by atoms with Crippen molar-refractivity contribution < 1.29 is 42.6 Å². The molecule has 4 amide bonds. The van der Waals surface area contributed by atoms with Gasteiger partial charge in [0.25, 0.3) is 0 Å². The number of urea groups is 2. The van der Waals surface area contributed by atoms with Gasteiger partial charge in [-0.1, -0.05) is 6.07 Å². The van der Waals surface area contributed by atoms with Gasteiger partial charge in [0, 0.05) is 7.11 Å². The van der Waals surface area contributed by atoms with E-state index in [1.165, 1.54) is 7.11 Å². The van der Waals surface area contributed by atoms with Gasteiger partial charge in [0.2, 0.25) is 0 Å². The molecule has 1 unspecified atom stereocenters. The van der Waals surface area contributed by atoms with Crippen LogP contribution in [0.2, 0.25) is 0 Å². The zero-order chi connectivity index (χ0) is 25.1. The van der Waals surface area contributed by atoms with E-state index in [4.69, 9.17) is 14.7 Å². The third-order valence-electron chi connectivity index (χ3n) is 4.23. The lowest BCUT2D eigenvalue weighted by atomic mass is 9.93. The summed E-state index contributed by atoms with van der Waals surface area (Å²) >= 11 is 0. The maximum atomic E-state index is 13.9. The van der Waals surface area contributed by atoms with Crippen LogP contribution in [-0.2, 0) is 19.1 Å². The van der Waals surface area contributed by atoms with E-state index in [1.807, 2.05) is 0 Å². The minimum Gasteiger partial charge on any atom is -0.466 e. The smallest absolute Gasteiger partial charge is 0.338 e. The number of esters is 1. The van der Waals surface area contributed by atoms with Gasteiger partial charge in [0.05, 0.1) is 38.1 Å². The molecule has 1 atom stereocenters. The van der Waals surface area contributed by atoms with E-state index in [0.29, 0.717) is 4.90 Å². The van der Waals surface area contributed by atoms with Crippen molar-refractivity contribution in [3.8, 4) is 0 Å². The Bertz CT molecular complexity index is 954. The molecule has 5 N–H and O–H groups in total. The van der Waals surface area contributed by atoms with Crippen molar-refractivity contribution in [2.45, 2.75) is 6.04 Å². The van der Waals surface area contributed by atoms with E-state index in [9.17, 15) is 28.0 Å². The fourth-order valence-corrected chi connectivity index (χ4v) is 2.92. The van der Waals surface area contributed by atoms with Crippen LogP contribution < -0.4 is 16.5 Å². The van der Waals surface area contributed by atoms with Gasteiger partial charge < -0.3 is 25.3 Å². The molecular weight excluding hydrogens is 448 g/mol. The van der Waals surface area contributed by atoms with Crippen LogP contribution in [-0.4, -0.2) is 74.6 Å². The maximum absolute atomic E-state index is 13.9. The number of carbonyl (C=O) groups is 4. The minimum absolute atomic E-state index is 0.0231. The Hall–Kier alpha value is -3.75. The highest BCUT2D eigenvalue weighted by Crippen LogP contribution is 2.35. The molecule has 1 aromatic rings. The van der Waals surface area contributed by atoms with Crippen LogP contribution in [0.15, 0.2) is 34.5 Å². The monoisotopic (exact) mass is 471 g/mol. The summed E-state index contributed by atoms with van der Waals surface area (Å²) < 4.78 is 37.2. The van der Waals surface area contributed by atoms with Gasteiger partial charge in [0.1, 0.15) is 6.04 Å². The van der Waals surface area contributed by atoms with Gasteiger partial charge in [-0.2, -0.15) is 0 Å². The van der Waals surface area contributed by atoms with Crippen LogP contribution in [0, 0.1) is 11.6 Å². The molecule has 0 saturated heterocycles. The van der Waals surface area contributed by atoms with Gasteiger partial charge >= 0.3 is 18.0 Å². The first-order valence-electron chi connectivity index (χ1n) is 9.08. The average molecular weight is 471 g/mol. The highest BCUT2D eigenvalue weighted by atomic mass is 19.2. The third-order valence-corrected chi connectivity index (χ3v) is 4.23. The Morgan fingerprint density at radius 2 is 1.94 bits per heavy atom. The number of nitrogens with zero attached hydrogens (tertiary/aromatic N) is 2. The molecule has 14 heteroatoms. The number of amides is 4. The van der Waals surface area contributed by atoms with E-state index in [-0.39, 0.29) is 30.0 Å². The number of benzene rings is 1. The molecule has 33 heavy (non-hydrogen) atoms. The summed E-state index contributed by atoms with van der Waals surface area (Å²) in [6.45, 7) is 2.19. The van der Waals surface area contributed by atoms with Crippen LogP contribution in [0.5, 0.6) is 0 Å². The fourth-order valence-electron chi connectivity index (χ4n) is 2.92. The number of nitrogens with two attached hydrogens (primary N) is 1. The molecule has 1 aromatic carbocycles. The van der Waals surface area contributed by atoms with E-state index in [2.05, 4.69) is 28.2 Å². The standard InChI is InChI=1S/C19H20F2N4O6.H3NO/c1-22-7-11(26)8-23-18(28)25-16(10-4-5-12(20)13(21)6-10)15(17(27)31-3)14(9-30-2)24-19(25)29;1-2/h4-6,16H,1,7-9H2,2-3H3,(H,23,28)(H,24,29);2H,1H2. The van der Waals surface area contributed by atoms with Crippen LogP contribution in [0.4, 0.5) is 18.4 Å². The first-order chi connectivity index (χ1) is 15.7. The Balaban J connectivity index is 0.00000265. The zero-order valence-corrected chi connectivity index (χ0v) is 17.8. The summed E-state index contributed by atoms with van der Waals surface area (Å²) in [5.74, 6) is -0.350. The van der Waals surface area contributed by atoms with Crippen molar-refractivity contribution in [2.75, 3.05) is 33.9 Å². The lowest BCUT2D eigenvalue weighted by Gasteiger charge is -2.36. The molecular formula is C19H23F2N5O7. The SMILES string of the molecule is C=NCC(=O)CNC(=O)N1C(=O)NC(COC)=C(C(=O)OC)C1c1ccc(F)c(F)c1.NO. The molecule has 0 aliphatic carbocycles. The van der Waals surface area contributed by atoms with Crippen molar-refractivity contribution in [1.82, 2.24) is 15.5 Å². The second-order valence-electron chi connectivity index (χ2n) is 6.27. The van der Waals surface area contributed by atoms with Crippen LogP contribution in [0.3, 0.4) is 0 Å². The molecule has 0 radical (unpaired) electrons. The van der Waals surface area contributed by atoms with Crippen LogP contribution >= 0.6 is 0 Å². The number of rotatable bonds is 8. The van der Waals surface area contributed by atoms with Crippen LogP contribution in [0.25, 0.3) is 0 Å². The number of imide groups is 1. The van der Waals surface area contributed by atoms with Gasteiger partial charge in [-0.05, 0) is 24.4 Å². The van der Waals surface area contributed by atoms with Gasteiger partial charge in [-0.15, -0.1) is 0 Å². The number of hydrogen-bond acceptors (Lipinski definition) is 9. The highest BCUT2D eigenvalue weighted by molar-refractivity contribution is 6.02.